The van der Waals surface area contributed by atoms with Crippen molar-refractivity contribution in [1.82, 2.24) is 4.98 Å². The number of rotatable bonds is 3. The molecule has 0 saturated heterocycles. The molecule has 0 aliphatic heterocycles. The highest BCUT2D eigenvalue weighted by molar-refractivity contribution is 7.15. The molecular weight excluding hydrogens is 333 g/mol. The number of carboxylic acid groups (broad SMARTS) is 1. The van der Waals surface area contributed by atoms with Crippen LogP contribution in [0.3, 0.4) is 0 Å². The molecule has 1 N–H and O–H groups in total. The molecule has 0 aliphatic carbocycles. The summed E-state index contributed by atoms with van der Waals surface area (Å²) in [5.41, 5.74) is 1.68. The van der Waals surface area contributed by atoms with Crippen LogP contribution >= 0.6 is 34.3 Å². The van der Waals surface area contributed by atoms with Gasteiger partial charge in [0.05, 0.1) is 21.2 Å². The van der Waals surface area contributed by atoms with Crippen LogP contribution in [0.4, 0.5) is 4.39 Å². The number of thiophene rings is 1. The molecule has 1 aromatic carbocycles. The van der Waals surface area contributed by atoms with Crippen LogP contribution in [0.1, 0.15) is 10.4 Å². The van der Waals surface area contributed by atoms with Crippen LogP contribution in [-0.4, -0.2) is 16.1 Å². The maximum atomic E-state index is 13.2. The summed E-state index contributed by atoms with van der Waals surface area (Å²) in [6, 6.07) is 6.02. The Labute approximate surface area is 132 Å². The molecule has 3 aromatic rings. The third-order valence-electron chi connectivity index (χ3n) is 2.77. The van der Waals surface area contributed by atoms with Crippen molar-refractivity contribution in [2.75, 3.05) is 0 Å². The fraction of sp³-hybridized carbons (Fsp3) is 0. The number of carbonyl (C=O) groups is 1. The van der Waals surface area contributed by atoms with Crippen molar-refractivity contribution in [3.05, 3.63) is 51.4 Å². The van der Waals surface area contributed by atoms with E-state index in [-0.39, 0.29) is 10.6 Å². The number of hydrogen-bond acceptors (Lipinski definition) is 4. The van der Waals surface area contributed by atoms with Gasteiger partial charge in [0.15, 0.2) is 0 Å². The van der Waals surface area contributed by atoms with Crippen molar-refractivity contribution < 1.29 is 14.3 Å². The first-order valence-electron chi connectivity index (χ1n) is 5.78. The maximum Gasteiger partial charge on any atom is 0.336 e. The van der Waals surface area contributed by atoms with Gasteiger partial charge in [-0.1, -0.05) is 11.6 Å². The molecular formula is C14H7ClFNO2S2. The van der Waals surface area contributed by atoms with Crippen LogP contribution in [0.15, 0.2) is 35.0 Å². The average molecular weight is 340 g/mol. The Morgan fingerprint density at radius 1 is 1.24 bits per heavy atom. The predicted molar refractivity (Wildman–Crippen MR) is 82.8 cm³/mol. The second kappa shape index (κ2) is 5.55. The Morgan fingerprint density at radius 2 is 2.05 bits per heavy atom. The number of nitrogens with zero attached hydrogens (tertiary/aromatic N) is 1. The third kappa shape index (κ3) is 2.83. The zero-order chi connectivity index (χ0) is 15.0. The summed E-state index contributed by atoms with van der Waals surface area (Å²) >= 11 is 8.48. The van der Waals surface area contributed by atoms with E-state index in [4.69, 9.17) is 16.7 Å². The van der Waals surface area contributed by atoms with E-state index in [0.29, 0.717) is 10.7 Å². The Bertz CT molecular complexity index is 828. The SMILES string of the molecule is O=C(O)c1csc(-c2csc(-c3ccc(F)c(Cl)c3)n2)c1. The van der Waals surface area contributed by atoms with Gasteiger partial charge in [0.25, 0.3) is 0 Å². The van der Waals surface area contributed by atoms with Gasteiger partial charge in [0.2, 0.25) is 0 Å². The van der Waals surface area contributed by atoms with Crippen LogP contribution in [0, 0.1) is 5.82 Å². The monoisotopic (exact) mass is 339 g/mol. The number of aromatic nitrogens is 1. The molecule has 0 amide bonds. The second-order valence-electron chi connectivity index (χ2n) is 4.17. The van der Waals surface area contributed by atoms with Crippen molar-refractivity contribution in [3.63, 3.8) is 0 Å². The molecule has 0 spiro atoms. The van der Waals surface area contributed by atoms with E-state index in [1.54, 1.807) is 17.5 Å². The highest BCUT2D eigenvalue weighted by Gasteiger charge is 2.12. The van der Waals surface area contributed by atoms with Gasteiger partial charge in [-0.2, -0.15) is 0 Å². The van der Waals surface area contributed by atoms with Crippen molar-refractivity contribution >= 4 is 40.2 Å². The van der Waals surface area contributed by atoms with Crippen LogP contribution in [0.2, 0.25) is 5.02 Å². The normalized spacial score (nSPS) is 10.8. The van der Waals surface area contributed by atoms with E-state index in [1.807, 2.05) is 5.38 Å². The van der Waals surface area contributed by atoms with Crippen LogP contribution in [0.25, 0.3) is 21.1 Å². The van der Waals surface area contributed by atoms with E-state index >= 15 is 0 Å². The summed E-state index contributed by atoms with van der Waals surface area (Å²) in [5.74, 6) is -1.43. The lowest BCUT2D eigenvalue weighted by molar-refractivity contribution is 0.0697. The summed E-state index contributed by atoms with van der Waals surface area (Å²) in [7, 11) is 0. The second-order valence-corrected chi connectivity index (χ2v) is 6.35. The summed E-state index contributed by atoms with van der Waals surface area (Å²) in [6.45, 7) is 0. The largest absolute Gasteiger partial charge is 0.478 e. The van der Waals surface area contributed by atoms with Crippen LogP contribution in [0.5, 0.6) is 0 Å². The highest BCUT2D eigenvalue weighted by atomic mass is 35.5. The number of benzene rings is 1. The number of carboxylic acids is 1. The number of thiazole rings is 1. The molecule has 7 heteroatoms. The predicted octanol–water partition coefficient (Wildman–Crippen LogP) is 5.03. The number of halogens is 2. The molecule has 21 heavy (non-hydrogen) atoms. The molecule has 0 fully saturated rings. The van der Waals surface area contributed by atoms with Crippen molar-refractivity contribution in [1.29, 1.82) is 0 Å². The zero-order valence-corrected chi connectivity index (χ0v) is 12.7. The number of aromatic carboxylic acids is 1. The first kappa shape index (κ1) is 14.2. The standard InChI is InChI=1S/C14H7ClFNO2S2/c15-9-3-7(1-2-10(9)16)13-17-11(6-21-13)12-4-8(5-20-12)14(18)19/h1-6H,(H,18,19). The minimum atomic E-state index is -0.960. The van der Waals surface area contributed by atoms with Crippen molar-refractivity contribution in [3.8, 4) is 21.1 Å². The van der Waals surface area contributed by atoms with Crippen molar-refractivity contribution in [2.24, 2.45) is 0 Å². The highest BCUT2D eigenvalue weighted by Crippen LogP contribution is 2.33. The fourth-order valence-electron chi connectivity index (χ4n) is 1.73. The Morgan fingerprint density at radius 3 is 2.71 bits per heavy atom. The van der Waals surface area contributed by atoms with Gasteiger partial charge in [-0.15, -0.1) is 22.7 Å². The van der Waals surface area contributed by atoms with Gasteiger partial charge in [-0.05, 0) is 24.3 Å². The Balaban J connectivity index is 1.95. The van der Waals surface area contributed by atoms with E-state index in [1.165, 1.54) is 34.8 Å². The molecule has 0 unspecified atom stereocenters. The minimum Gasteiger partial charge on any atom is -0.478 e. The Hall–Kier alpha value is -1.76. The number of hydrogen-bond donors (Lipinski definition) is 1. The first-order chi connectivity index (χ1) is 10.0. The molecule has 3 nitrogen and oxygen atoms in total. The summed E-state index contributed by atoms with van der Waals surface area (Å²) < 4.78 is 13.2. The van der Waals surface area contributed by atoms with Gasteiger partial charge in [0.1, 0.15) is 10.8 Å². The molecule has 0 bridgehead atoms. The molecule has 0 aliphatic rings. The molecule has 2 aromatic heterocycles. The minimum absolute atomic E-state index is 0.0496. The van der Waals surface area contributed by atoms with Gasteiger partial charge < -0.3 is 5.11 Å². The lowest BCUT2D eigenvalue weighted by Gasteiger charge is -1.98. The Kier molecular flexibility index (Phi) is 3.75. The topological polar surface area (TPSA) is 50.2 Å². The lowest BCUT2D eigenvalue weighted by atomic mass is 10.2. The smallest absolute Gasteiger partial charge is 0.336 e. The zero-order valence-electron chi connectivity index (χ0n) is 10.3. The summed E-state index contributed by atoms with van der Waals surface area (Å²) in [5, 5.41) is 13.1. The van der Waals surface area contributed by atoms with Crippen molar-refractivity contribution in [2.45, 2.75) is 0 Å². The molecule has 3 rings (SSSR count). The van der Waals surface area contributed by atoms with E-state index in [9.17, 15) is 9.18 Å². The first-order valence-corrected chi connectivity index (χ1v) is 7.91. The van der Waals surface area contributed by atoms with Gasteiger partial charge >= 0.3 is 5.97 Å². The fourth-order valence-corrected chi connectivity index (χ4v) is 3.65. The molecule has 106 valence electrons. The maximum absolute atomic E-state index is 13.2. The molecule has 0 radical (unpaired) electrons. The quantitative estimate of drug-likeness (QED) is 0.728. The summed E-state index contributed by atoms with van der Waals surface area (Å²) in [4.78, 5) is 16.1. The molecule has 2 heterocycles. The molecule has 0 saturated carbocycles. The van der Waals surface area contributed by atoms with Crippen LogP contribution in [-0.2, 0) is 0 Å². The van der Waals surface area contributed by atoms with Gasteiger partial charge in [-0.25, -0.2) is 14.2 Å². The lowest BCUT2D eigenvalue weighted by Crippen LogP contribution is -1.91. The van der Waals surface area contributed by atoms with Gasteiger partial charge in [0, 0.05) is 16.3 Å². The third-order valence-corrected chi connectivity index (χ3v) is 4.90. The molecule has 0 atom stereocenters. The van der Waals surface area contributed by atoms with E-state index in [2.05, 4.69) is 4.98 Å². The van der Waals surface area contributed by atoms with E-state index in [0.717, 1.165) is 10.4 Å². The summed E-state index contributed by atoms with van der Waals surface area (Å²) in [6.07, 6.45) is 0. The van der Waals surface area contributed by atoms with Gasteiger partial charge in [-0.3, -0.25) is 0 Å². The average Bonchev–Trinajstić information content (AvgIpc) is 3.09. The van der Waals surface area contributed by atoms with E-state index < -0.39 is 11.8 Å². The van der Waals surface area contributed by atoms with Crippen LogP contribution < -0.4 is 0 Å².